The van der Waals surface area contributed by atoms with Crippen LogP contribution in [0.4, 0.5) is 0 Å². The number of methoxy groups -OCH3 is 1. The van der Waals surface area contributed by atoms with Gasteiger partial charge in [0.1, 0.15) is 0 Å². The molecule has 0 aromatic heterocycles. The number of benzene rings is 1. The number of hydrogen-bond acceptors (Lipinski definition) is 5. The summed E-state index contributed by atoms with van der Waals surface area (Å²) in [6.45, 7) is 2.17. The van der Waals surface area contributed by atoms with E-state index in [0.717, 1.165) is 6.42 Å². The summed E-state index contributed by atoms with van der Waals surface area (Å²) >= 11 is 0. The number of β-amino-alcohol motifs (C(OH)–C–C–N with tert-alkyl or cyclic N) is 1. The maximum absolute atomic E-state index is 12.4. The fraction of sp³-hybridized carbons (Fsp3) is 0.500. The van der Waals surface area contributed by atoms with Gasteiger partial charge in [-0.05, 0) is 30.7 Å². The lowest BCUT2D eigenvalue weighted by Crippen LogP contribution is -2.63. The summed E-state index contributed by atoms with van der Waals surface area (Å²) in [6, 6.07) is 5.57. The Hall–Kier alpha value is -1.44. The Labute approximate surface area is 124 Å². The minimum absolute atomic E-state index is 0.105. The van der Waals surface area contributed by atoms with Crippen molar-refractivity contribution in [2.45, 2.75) is 30.3 Å². The number of carbonyl (C=O) groups excluding carboxylic acids is 1. The summed E-state index contributed by atoms with van der Waals surface area (Å²) in [5, 5.41) is 10.1. The molecule has 1 aliphatic rings. The van der Waals surface area contributed by atoms with Crippen LogP contribution < -0.4 is 0 Å². The standard InChI is InChI=1S/C14H19NO5S/c1-3-8-14(17)9-15(10-14)21(18,19)12-6-4-11(5-7-12)13(16)20-2/h4-7,17H,3,8-10H2,1-2H3. The first-order chi connectivity index (χ1) is 9.82. The topological polar surface area (TPSA) is 83.9 Å². The lowest BCUT2D eigenvalue weighted by Gasteiger charge is -2.45. The minimum Gasteiger partial charge on any atom is -0.465 e. The van der Waals surface area contributed by atoms with Crippen LogP contribution in [0.3, 0.4) is 0 Å². The van der Waals surface area contributed by atoms with E-state index in [1.54, 1.807) is 0 Å². The van der Waals surface area contributed by atoms with Crippen molar-refractivity contribution in [2.24, 2.45) is 0 Å². The Morgan fingerprint density at radius 3 is 2.38 bits per heavy atom. The number of carbonyl (C=O) groups is 1. The van der Waals surface area contributed by atoms with Gasteiger partial charge >= 0.3 is 5.97 Å². The van der Waals surface area contributed by atoms with Gasteiger partial charge in [-0.2, -0.15) is 4.31 Å². The molecule has 0 atom stereocenters. The molecule has 116 valence electrons. The van der Waals surface area contributed by atoms with Crippen molar-refractivity contribution < 1.29 is 23.1 Å². The highest BCUT2D eigenvalue weighted by Crippen LogP contribution is 2.31. The molecule has 1 heterocycles. The van der Waals surface area contributed by atoms with Gasteiger partial charge in [0.25, 0.3) is 0 Å². The van der Waals surface area contributed by atoms with Crippen LogP contribution in [0.25, 0.3) is 0 Å². The third kappa shape index (κ3) is 3.09. The zero-order valence-corrected chi connectivity index (χ0v) is 12.9. The molecule has 2 rings (SSSR count). The molecule has 0 unspecified atom stereocenters. The smallest absolute Gasteiger partial charge is 0.337 e. The van der Waals surface area contributed by atoms with Gasteiger partial charge in [0.2, 0.25) is 10.0 Å². The molecule has 0 aliphatic carbocycles. The Kier molecular flexibility index (Phi) is 4.36. The third-order valence-electron chi connectivity index (χ3n) is 3.57. The van der Waals surface area contributed by atoms with E-state index in [1.165, 1.54) is 35.7 Å². The molecule has 1 aromatic carbocycles. The van der Waals surface area contributed by atoms with Gasteiger partial charge in [-0.15, -0.1) is 0 Å². The van der Waals surface area contributed by atoms with E-state index in [1.807, 2.05) is 6.92 Å². The number of ether oxygens (including phenoxy) is 1. The number of esters is 1. The fourth-order valence-electron chi connectivity index (χ4n) is 2.43. The van der Waals surface area contributed by atoms with E-state index in [9.17, 15) is 18.3 Å². The van der Waals surface area contributed by atoms with E-state index in [-0.39, 0.29) is 18.0 Å². The Balaban J connectivity index is 2.13. The molecule has 0 radical (unpaired) electrons. The molecule has 1 aromatic rings. The highest BCUT2D eigenvalue weighted by Gasteiger charge is 2.46. The van der Waals surface area contributed by atoms with Crippen molar-refractivity contribution in [2.75, 3.05) is 20.2 Å². The largest absolute Gasteiger partial charge is 0.465 e. The third-order valence-corrected chi connectivity index (χ3v) is 5.38. The molecule has 0 saturated carbocycles. The Bertz CT molecular complexity index is 617. The quantitative estimate of drug-likeness (QED) is 0.820. The maximum atomic E-state index is 12.4. The van der Waals surface area contributed by atoms with Crippen LogP contribution in [0.2, 0.25) is 0 Å². The van der Waals surface area contributed by atoms with Gasteiger partial charge < -0.3 is 9.84 Å². The molecule has 0 spiro atoms. The maximum Gasteiger partial charge on any atom is 0.337 e. The van der Waals surface area contributed by atoms with E-state index in [4.69, 9.17) is 0 Å². The predicted octanol–water partition coefficient (Wildman–Crippen LogP) is 1.01. The molecule has 21 heavy (non-hydrogen) atoms. The van der Waals surface area contributed by atoms with Crippen molar-refractivity contribution in [1.29, 1.82) is 0 Å². The highest BCUT2D eigenvalue weighted by atomic mass is 32.2. The average Bonchev–Trinajstić information content (AvgIpc) is 2.44. The Morgan fingerprint density at radius 1 is 1.33 bits per heavy atom. The van der Waals surface area contributed by atoms with E-state index in [2.05, 4.69) is 4.74 Å². The van der Waals surface area contributed by atoms with Gasteiger partial charge in [0.05, 0.1) is 23.2 Å². The predicted molar refractivity (Wildman–Crippen MR) is 76.4 cm³/mol. The van der Waals surface area contributed by atoms with Crippen LogP contribution in [0, 0.1) is 0 Å². The molecule has 0 bridgehead atoms. The molecule has 1 saturated heterocycles. The number of nitrogens with zero attached hydrogens (tertiary/aromatic N) is 1. The minimum atomic E-state index is -3.62. The summed E-state index contributed by atoms with van der Waals surface area (Å²) in [5.41, 5.74) is -0.615. The molecular formula is C14H19NO5S. The molecule has 1 N–H and O–H groups in total. The molecule has 1 fully saturated rings. The van der Waals surface area contributed by atoms with Crippen LogP contribution in [-0.4, -0.2) is 49.6 Å². The van der Waals surface area contributed by atoms with Crippen LogP contribution in [0.15, 0.2) is 29.2 Å². The van der Waals surface area contributed by atoms with E-state index >= 15 is 0 Å². The van der Waals surface area contributed by atoms with Gasteiger partial charge in [-0.25, -0.2) is 13.2 Å². The summed E-state index contributed by atoms with van der Waals surface area (Å²) < 4.78 is 30.5. The highest BCUT2D eigenvalue weighted by molar-refractivity contribution is 7.89. The van der Waals surface area contributed by atoms with Gasteiger partial charge in [0, 0.05) is 13.1 Å². The SMILES string of the molecule is CCCC1(O)CN(S(=O)(=O)c2ccc(C(=O)OC)cc2)C1. The van der Waals surface area contributed by atoms with Crippen molar-refractivity contribution in [3.05, 3.63) is 29.8 Å². The number of aliphatic hydroxyl groups is 1. The number of hydrogen-bond donors (Lipinski definition) is 1. The Morgan fingerprint density at radius 2 is 1.90 bits per heavy atom. The average molecular weight is 313 g/mol. The summed E-state index contributed by atoms with van der Waals surface area (Å²) in [5.74, 6) is -0.514. The normalized spacial score (nSPS) is 18.0. The van der Waals surface area contributed by atoms with Crippen molar-refractivity contribution >= 4 is 16.0 Å². The van der Waals surface area contributed by atoms with Crippen molar-refractivity contribution in [3.8, 4) is 0 Å². The van der Waals surface area contributed by atoms with Crippen LogP contribution in [0.5, 0.6) is 0 Å². The first-order valence-corrected chi connectivity index (χ1v) is 8.17. The van der Waals surface area contributed by atoms with Crippen molar-refractivity contribution in [3.63, 3.8) is 0 Å². The van der Waals surface area contributed by atoms with E-state index < -0.39 is 21.6 Å². The molecule has 1 aliphatic heterocycles. The van der Waals surface area contributed by atoms with Crippen LogP contribution in [0.1, 0.15) is 30.1 Å². The fourth-order valence-corrected chi connectivity index (χ4v) is 4.03. The summed E-state index contributed by atoms with van der Waals surface area (Å²) in [6.07, 6.45) is 1.39. The zero-order chi connectivity index (χ0) is 15.7. The second-order valence-electron chi connectivity index (χ2n) is 5.26. The lowest BCUT2D eigenvalue weighted by molar-refractivity contribution is -0.0653. The molecular weight excluding hydrogens is 294 g/mol. The van der Waals surface area contributed by atoms with Crippen molar-refractivity contribution in [1.82, 2.24) is 4.31 Å². The second-order valence-corrected chi connectivity index (χ2v) is 7.20. The molecule has 6 nitrogen and oxygen atoms in total. The van der Waals surface area contributed by atoms with Gasteiger partial charge in [-0.3, -0.25) is 0 Å². The molecule has 0 amide bonds. The van der Waals surface area contributed by atoms with Gasteiger partial charge in [-0.1, -0.05) is 13.3 Å². The van der Waals surface area contributed by atoms with Crippen LogP contribution >= 0.6 is 0 Å². The summed E-state index contributed by atoms with van der Waals surface area (Å²) in [7, 11) is -2.35. The van der Waals surface area contributed by atoms with E-state index in [0.29, 0.717) is 12.0 Å². The van der Waals surface area contributed by atoms with Gasteiger partial charge in [0.15, 0.2) is 0 Å². The number of rotatable bonds is 5. The lowest BCUT2D eigenvalue weighted by atomic mass is 9.92. The monoisotopic (exact) mass is 313 g/mol. The second kappa shape index (κ2) is 5.75. The zero-order valence-electron chi connectivity index (χ0n) is 12.1. The number of sulfonamides is 1. The summed E-state index contributed by atoms with van der Waals surface area (Å²) in [4.78, 5) is 11.4. The molecule has 7 heteroatoms. The first-order valence-electron chi connectivity index (χ1n) is 6.73. The first kappa shape index (κ1) is 15.9. The van der Waals surface area contributed by atoms with Crippen LogP contribution in [-0.2, 0) is 14.8 Å².